The normalized spacial score (nSPS) is 13.5. The lowest BCUT2D eigenvalue weighted by Crippen LogP contribution is -2.37. The Hall–Kier alpha value is -1.14. The van der Waals surface area contributed by atoms with Crippen LogP contribution in [0, 0.1) is 12.3 Å². The van der Waals surface area contributed by atoms with Gasteiger partial charge < -0.3 is 9.16 Å². The third-order valence-electron chi connectivity index (χ3n) is 3.21. The van der Waals surface area contributed by atoms with Crippen molar-refractivity contribution in [3.05, 3.63) is 17.5 Å². The van der Waals surface area contributed by atoms with Gasteiger partial charge in [-0.05, 0) is 38.4 Å². The topological polar surface area (TPSA) is 53.4 Å². The molecule has 21 heavy (non-hydrogen) atoms. The van der Waals surface area contributed by atoms with Gasteiger partial charge in [-0.15, -0.1) is 0 Å². The summed E-state index contributed by atoms with van der Waals surface area (Å²) in [6, 6.07) is 1.77. The van der Waals surface area contributed by atoms with Crippen LogP contribution in [0.4, 0.5) is 0 Å². The highest BCUT2D eigenvalue weighted by Crippen LogP contribution is 2.25. The average Bonchev–Trinajstić information content (AvgIpc) is 2.69. The molecule has 0 spiro atoms. The average molecular weight is 312 g/mol. The van der Waals surface area contributed by atoms with Gasteiger partial charge in [-0.3, -0.25) is 4.68 Å². The van der Waals surface area contributed by atoms with E-state index in [2.05, 4.69) is 39.0 Å². The molecule has 0 aliphatic heterocycles. The first-order valence-corrected chi connectivity index (χ1v) is 10.3. The third-order valence-corrected chi connectivity index (χ3v) is 4.08. The fourth-order valence-corrected chi connectivity index (χ4v) is 3.16. The van der Waals surface area contributed by atoms with Crippen LogP contribution < -0.4 is 0 Å². The summed E-state index contributed by atoms with van der Waals surface area (Å²) in [4.78, 5) is 11.7. The van der Waals surface area contributed by atoms with Crippen molar-refractivity contribution in [2.75, 3.05) is 6.61 Å². The minimum Gasteiger partial charge on any atom is -0.461 e. The maximum absolute atomic E-state index is 11.7. The largest absolute Gasteiger partial charge is 0.461 e. The number of aryl methyl sites for hydroxylation is 1. The van der Waals surface area contributed by atoms with Crippen LogP contribution in [-0.4, -0.2) is 37.5 Å². The number of nitrogens with zero attached hydrogens (tertiary/aromatic N) is 2. The van der Waals surface area contributed by atoms with Crippen molar-refractivity contribution < 1.29 is 14.0 Å². The molecule has 1 aromatic heterocycles. The maximum atomic E-state index is 11.7. The first-order chi connectivity index (χ1) is 9.65. The zero-order chi connectivity index (χ0) is 16.2. The highest BCUT2D eigenvalue weighted by molar-refractivity contribution is 6.48. The van der Waals surface area contributed by atoms with Crippen molar-refractivity contribution in [3.63, 3.8) is 0 Å². The minimum atomic E-state index is -1.14. The van der Waals surface area contributed by atoms with Crippen molar-refractivity contribution in [2.24, 2.45) is 5.41 Å². The molecule has 1 heterocycles. The first-order valence-electron chi connectivity index (χ1n) is 7.52. The van der Waals surface area contributed by atoms with E-state index in [0.29, 0.717) is 18.8 Å². The second-order valence-electron chi connectivity index (χ2n) is 6.61. The van der Waals surface area contributed by atoms with E-state index in [9.17, 15) is 4.79 Å². The van der Waals surface area contributed by atoms with Gasteiger partial charge in [-0.1, -0.05) is 20.8 Å². The predicted octanol–water partition coefficient (Wildman–Crippen LogP) is 2.78. The van der Waals surface area contributed by atoms with Gasteiger partial charge in [0, 0.05) is 5.69 Å². The molecule has 0 amide bonds. The smallest absolute Gasteiger partial charge is 0.358 e. The molecule has 0 aromatic carbocycles. The lowest BCUT2D eigenvalue weighted by atomic mass is 9.89. The van der Waals surface area contributed by atoms with Crippen molar-refractivity contribution >= 4 is 15.0 Å². The monoisotopic (exact) mass is 312 g/mol. The Balaban J connectivity index is 2.91. The Bertz CT molecular complexity index is 478. The van der Waals surface area contributed by atoms with Crippen LogP contribution in [0.1, 0.15) is 43.9 Å². The van der Waals surface area contributed by atoms with Gasteiger partial charge in [0.2, 0.25) is 0 Å². The standard InChI is InChI=1S/C15H28N2O3Si/c1-8-19-14(18)12-9-11(2)17(16-12)10-13(15(3,4)5)20-21(6)7/h9,13,21H,8,10H2,1-7H3. The van der Waals surface area contributed by atoms with E-state index in [0.717, 1.165) is 5.69 Å². The molecule has 0 aliphatic carbocycles. The molecule has 1 atom stereocenters. The lowest BCUT2D eigenvalue weighted by Gasteiger charge is -2.32. The van der Waals surface area contributed by atoms with Gasteiger partial charge >= 0.3 is 5.97 Å². The van der Waals surface area contributed by atoms with Gasteiger partial charge in [-0.25, -0.2) is 4.79 Å². The van der Waals surface area contributed by atoms with E-state index >= 15 is 0 Å². The van der Waals surface area contributed by atoms with Crippen molar-refractivity contribution in [1.82, 2.24) is 9.78 Å². The molecule has 0 radical (unpaired) electrons. The minimum absolute atomic E-state index is 0.0275. The van der Waals surface area contributed by atoms with E-state index in [1.807, 2.05) is 11.6 Å². The maximum Gasteiger partial charge on any atom is 0.358 e. The highest BCUT2D eigenvalue weighted by Gasteiger charge is 2.28. The molecule has 1 rings (SSSR count). The fourth-order valence-electron chi connectivity index (χ4n) is 2.01. The van der Waals surface area contributed by atoms with E-state index in [-0.39, 0.29) is 17.5 Å². The fraction of sp³-hybridized carbons (Fsp3) is 0.733. The second kappa shape index (κ2) is 7.22. The molecule has 0 saturated heterocycles. The van der Waals surface area contributed by atoms with Crippen LogP contribution in [0.3, 0.4) is 0 Å². The quantitative estimate of drug-likeness (QED) is 0.599. The van der Waals surface area contributed by atoms with Crippen LogP contribution in [-0.2, 0) is 15.7 Å². The summed E-state index contributed by atoms with van der Waals surface area (Å²) < 4.78 is 13.0. The van der Waals surface area contributed by atoms with Crippen LogP contribution in [0.25, 0.3) is 0 Å². The molecule has 6 heteroatoms. The summed E-state index contributed by atoms with van der Waals surface area (Å²) in [5, 5.41) is 4.37. The van der Waals surface area contributed by atoms with E-state index in [1.54, 1.807) is 13.0 Å². The van der Waals surface area contributed by atoms with Crippen LogP contribution in [0.5, 0.6) is 0 Å². The van der Waals surface area contributed by atoms with Crippen molar-refractivity contribution in [2.45, 2.75) is 60.4 Å². The molecular weight excluding hydrogens is 284 g/mol. The zero-order valence-electron chi connectivity index (χ0n) is 14.3. The molecule has 1 unspecified atom stereocenters. The van der Waals surface area contributed by atoms with Gasteiger partial charge in [0.15, 0.2) is 14.7 Å². The Morgan fingerprint density at radius 1 is 1.43 bits per heavy atom. The number of hydrogen-bond donors (Lipinski definition) is 0. The SMILES string of the molecule is CCOC(=O)c1cc(C)n(CC(O[SiH](C)C)C(C)(C)C)n1. The molecule has 1 aromatic rings. The highest BCUT2D eigenvalue weighted by atomic mass is 28.3. The molecule has 0 fully saturated rings. The summed E-state index contributed by atoms with van der Waals surface area (Å²) in [5.74, 6) is -0.370. The van der Waals surface area contributed by atoms with Crippen molar-refractivity contribution in [1.29, 1.82) is 0 Å². The van der Waals surface area contributed by atoms with Gasteiger partial charge in [0.05, 0.1) is 19.3 Å². The number of esters is 1. The lowest BCUT2D eigenvalue weighted by molar-refractivity contribution is 0.0511. The molecule has 0 aliphatic rings. The van der Waals surface area contributed by atoms with E-state index in [1.165, 1.54) is 0 Å². The van der Waals surface area contributed by atoms with Crippen molar-refractivity contribution in [3.8, 4) is 0 Å². The number of hydrogen-bond acceptors (Lipinski definition) is 4. The van der Waals surface area contributed by atoms with E-state index in [4.69, 9.17) is 9.16 Å². The first kappa shape index (κ1) is 17.9. The van der Waals surface area contributed by atoms with E-state index < -0.39 is 9.04 Å². The number of rotatable bonds is 6. The summed E-state index contributed by atoms with van der Waals surface area (Å²) in [6.45, 7) is 15.6. The summed E-state index contributed by atoms with van der Waals surface area (Å²) in [5.41, 5.74) is 1.34. The summed E-state index contributed by atoms with van der Waals surface area (Å²) in [6.07, 6.45) is 0.0813. The Labute approximate surface area is 129 Å². The Kier molecular flexibility index (Phi) is 6.16. The van der Waals surface area contributed by atoms with Gasteiger partial charge in [0.1, 0.15) is 0 Å². The molecule has 0 N–H and O–H groups in total. The Morgan fingerprint density at radius 2 is 2.05 bits per heavy atom. The van der Waals surface area contributed by atoms with Gasteiger partial charge in [0.25, 0.3) is 0 Å². The molecule has 0 saturated carbocycles. The van der Waals surface area contributed by atoms with Crippen LogP contribution in [0.2, 0.25) is 13.1 Å². The summed E-state index contributed by atoms with van der Waals surface area (Å²) >= 11 is 0. The number of ether oxygens (including phenoxy) is 1. The zero-order valence-corrected chi connectivity index (χ0v) is 15.4. The third kappa shape index (κ3) is 5.28. The van der Waals surface area contributed by atoms with Gasteiger partial charge in [-0.2, -0.15) is 5.10 Å². The second-order valence-corrected chi connectivity index (χ2v) is 8.98. The molecule has 5 nitrogen and oxygen atoms in total. The van der Waals surface area contributed by atoms with Crippen LogP contribution >= 0.6 is 0 Å². The summed E-state index contributed by atoms with van der Waals surface area (Å²) in [7, 11) is -1.14. The Morgan fingerprint density at radius 3 is 2.52 bits per heavy atom. The number of carbonyl (C=O) groups is 1. The number of carbonyl (C=O) groups excluding carboxylic acids is 1. The molecule has 0 bridgehead atoms. The molecular formula is C15H28N2O3Si. The molecule has 120 valence electrons. The predicted molar refractivity (Wildman–Crippen MR) is 86.1 cm³/mol. The number of aromatic nitrogens is 2. The van der Waals surface area contributed by atoms with Crippen LogP contribution in [0.15, 0.2) is 6.07 Å².